The van der Waals surface area contributed by atoms with Gasteiger partial charge in [0.1, 0.15) is 0 Å². The van der Waals surface area contributed by atoms with Crippen LogP contribution in [0.1, 0.15) is 6.92 Å². The third-order valence-corrected chi connectivity index (χ3v) is 2.67. The minimum atomic E-state index is 0.413. The predicted octanol–water partition coefficient (Wildman–Crippen LogP) is 2.70. The van der Waals surface area contributed by atoms with E-state index in [9.17, 15) is 0 Å². The van der Waals surface area contributed by atoms with Crippen LogP contribution in [0.4, 0.5) is 0 Å². The van der Waals surface area contributed by atoms with Gasteiger partial charge >= 0.3 is 0 Å². The summed E-state index contributed by atoms with van der Waals surface area (Å²) in [6, 6.07) is 7.98. The molecule has 1 aromatic carbocycles. The lowest BCUT2D eigenvalue weighted by atomic mass is 10.3. The maximum Gasteiger partial charge on any atom is 0.275 e. The molecular formula is C11H9NOS. The van der Waals surface area contributed by atoms with E-state index in [-0.39, 0.29) is 0 Å². The third kappa shape index (κ3) is 1.86. The average molecular weight is 203 g/mol. The van der Waals surface area contributed by atoms with Gasteiger partial charge in [0, 0.05) is 0 Å². The van der Waals surface area contributed by atoms with Crippen LogP contribution in [0, 0.1) is 11.8 Å². The highest BCUT2D eigenvalue weighted by Crippen LogP contribution is 2.26. The highest BCUT2D eigenvalue weighted by Gasteiger charge is 2.01. The molecule has 0 atom stereocenters. The van der Waals surface area contributed by atoms with Crippen molar-refractivity contribution in [2.75, 3.05) is 6.61 Å². The first-order valence-electron chi connectivity index (χ1n) is 4.28. The maximum absolute atomic E-state index is 5.37. The Morgan fingerprint density at radius 3 is 3.07 bits per heavy atom. The van der Waals surface area contributed by atoms with E-state index in [1.165, 1.54) is 0 Å². The number of benzene rings is 1. The van der Waals surface area contributed by atoms with E-state index >= 15 is 0 Å². The summed E-state index contributed by atoms with van der Waals surface area (Å²) in [5.41, 5.74) is 0.983. The first kappa shape index (κ1) is 9.04. The predicted molar refractivity (Wildman–Crippen MR) is 58.6 cm³/mol. The van der Waals surface area contributed by atoms with Crippen LogP contribution in [0.15, 0.2) is 24.3 Å². The molecule has 2 nitrogen and oxygen atoms in total. The van der Waals surface area contributed by atoms with Crippen LogP contribution in [0.5, 0.6) is 5.19 Å². The molecule has 0 saturated heterocycles. The van der Waals surface area contributed by atoms with Gasteiger partial charge in [0.05, 0.1) is 10.2 Å². The van der Waals surface area contributed by atoms with Gasteiger partial charge in [-0.1, -0.05) is 29.4 Å². The summed E-state index contributed by atoms with van der Waals surface area (Å²) in [5, 5.41) is 0.689. The standard InChI is InChI=1S/C11H9NOS/c1-2-3-8-13-11-12-9-6-4-5-7-10(9)14-11/h4-7H,8H2,1H3. The lowest BCUT2D eigenvalue weighted by molar-refractivity contribution is 0.369. The fraction of sp³-hybridized carbons (Fsp3) is 0.182. The Balaban J connectivity index is 2.21. The highest BCUT2D eigenvalue weighted by atomic mass is 32.1. The van der Waals surface area contributed by atoms with Crippen molar-refractivity contribution in [1.29, 1.82) is 0 Å². The number of rotatable bonds is 2. The minimum Gasteiger partial charge on any atom is -0.457 e. The molecule has 0 aliphatic carbocycles. The van der Waals surface area contributed by atoms with Crippen molar-refractivity contribution in [3.8, 4) is 17.0 Å². The van der Waals surface area contributed by atoms with Crippen LogP contribution in [-0.4, -0.2) is 11.6 Å². The lowest BCUT2D eigenvalue weighted by Crippen LogP contribution is -1.92. The van der Waals surface area contributed by atoms with E-state index in [1.807, 2.05) is 24.3 Å². The number of fused-ring (bicyclic) bond motifs is 1. The molecule has 14 heavy (non-hydrogen) atoms. The van der Waals surface area contributed by atoms with Crippen LogP contribution in [0.3, 0.4) is 0 Å². The summed E-state index contributed by atoms with van der Waals surface area (Å²) in [6.07, 6.45) is 0. The Labute approximate surface area is 86.5 Å². The van der Waals surface area contributed by atoms with E-state index < -0.39 is 0 Å². The zero-order valence-corrected chi connectivity index (χ0v) is 8.60. The van der Waals surface area contributed by atoms with E-state index in [1.54, 1.807) is 18.3 Å². The lowest BCUT2D eigenvalue weighted by Gasteiger charge is -1.92. The Morgan fingerprint density at radius 1 is 1.43 bits per heavy atom. The number of hydrogen-bond donors (Lipinski definition) is 0. The van der Waals surface area contributed by atoms with Crippen molar-refractivity contribution >= 4 is 21.6 Å². The van der Waals surface area contributed by atoms with Gasteiger partial charge in [-0.2, -0.15) is 0 Å². The van der Waals surface area contributed by atoms with Crippen molar-refractivity contribution in [3.05, 3.63) is 24.3 Å². The van der Waals surface area contributed by atoms with E-state index in [4.69, 9.17) is 4.74 Å². The third-order valence-electron chi connectivity index (χ3n) is 1.72. The SMILES string of the molecule is CC#CCOc1nc2ccccc2s1. The Bertz CT molecular complexity index is 459. The fourth-order valence-corrected chi connectivity index (χ4v) is 1.90. The summed E-state index contributed by atoms with van der Waals surface area (Å²) in [5.74, 6) is 5.61. The van der Waals surface area contributed by atoms with Gasteiger partial charge in [0.25, 0.3) is 5.19 Å². The second-order valence-electron chi connectivity index (χ2n) is 2.66. The molecule has 2 rings (SSSR count). The fourth-order valence-electron chi connectivity index (χ4n) is 1.08. The van der Waals surface area contributed by atoms with Gasteiger partial charge in [-0.3, -0.25) is 0 Å². The molecule has 0 fully saturated rings. The van der Waals surface area contributed by atoms with E-state index in [0.29, 0.717) is 11.8 Å². The molecule has 0 amide bonds. The Kier molecular flexibility index (Phi) is 2.66. The zero-order valence-electron chi connectivity index (χ0n) is 7.78. The molecule has 3 heteroatoms. The molecule has 1 heterocycles. The van der Waals surface area contributed by atoms with Crippen LogP contribution in [0.2, 0.25) is 0 Å². The molecule has 0 spiro atoms. The van der Waals surface area contributed by atoms with Gasteiger partial charge in [-0.25, -0.2) is 4.98 Å². The van der Waals surface area contributed by atoms with Crippen LogP contribution >= 0.6 is 11.3 Å². The summed E-state index contributed by atoms with van der Waals surface area (Å²) in [7, 11) is 0. The largest absolute Gasteiger partial charge is 0.457 e. The van der Waals surface area contributed by atoms with Gasteiger partial charge < -0.3 is 4.74 Å². The minimum absolute atomic E-state index is 0.413. The Morgan fingerprint density at radius 2 is 2.29 bits per heavy atom. The summed E-state index contributed by atoms with van der Waals surface area (Å²) in [4.78, 5) is 4.31. The number of hydrogen-bond acceptors (Lipinski definition) is 3. The van der Waals surface area contributed by atoms with Gasteiger partial charge in [-0.15, -0.1) is 5.92 Å². The number of ether oxygens (including phenoxy) is 1. The molecule has 0 radical (unpaired) electrons. The van der Waals surface area contributed by atoms with E-state index in [0.717, 1.165) is 10.2 Å². The Hall–Kier alpha value is -1.53. The van der Waals surface area contributed by atoms with Crippen molar-refractivity contribution < 1.29 is 4.74 Å². The second kappa shape index (κ2) is 4.12. The number of aromatic nitrogens is 1. The first-order chi connectivity index (χ1) is 6.90. The topological polar surface area (TPSA) is 22.1 Å². The summed E-state index contributed by atoms with van der Waals surface area (Å²) in [6.45, 7) is 2.21. The number of thiazole rings is 1. The molecule has 0 N–H and O–H groups in total. The van der Waals surface area contributed by atoms with Crippen LogP contribution < -0.4 is 4.74 Å². The van der Waals surface area contributed by atoms with Gasteiger partial charge in [-0.05, 0) is 19.1 Å². The quantitative estimate of drug-likeness (QED) is 0.700. The molecular weight excluding hydrogens is 194 g/mol. The zero-order chi connectivity index (χ0) is 9.80. The second-order valence-corrected chi connectivity index (χ2v) is 3.66. The molecule has 0 bridgehead atoms. The molecule has 70 valence electrons. The smallest absolute Gasteiger partial charge is 0.275 e. The van der Waals surface area contributed by atoms with Crippen molar-refractivity contribution in [2.45, 2.75) is 6.92 Å². The van der Waals surface area contributed by atoms with Crippen LogP contribution in [0.25, 0.3) is 10.2 Å². The highest BCUT2D eigenvalue weighted by molar-refractivity contribution is 7.20. The maximum atomic E-state index is 5.37. The van der Waals surface area contributed by atoms with E-state index in [2.05, 4.69) is 16.8 Å². The molecule has 0 aliphatic rings. The summed E-state index contributed by atoms with van der Waals surface area (Å²) < 4.78 is 6.51. The summed E-state index contributed by atoms with van der Waals surface area (Å²) >= 11 is 1.55. The number of nitrogens with zero attached hydrogens (tertiary/aromatic N) is 1. The molecule has 0 aliphatic heterocycles. The molecule has 2 aromatic rings. The van der Waals surface area contributed by atoms with Crippen molar-refractivity contribution in [3.63, 3.8) is 0 Å². The normalized spacial score (nSPS) is 9.50. The monoisotopic (exact) mass is 203 g/mol. The van der Waals surface area contributed by atoms with Crippen LogP contribution in [-0.2, 0) is 0 Å². The average Bonchev–Trinajstić information content (AvgIpc) is 2.60. The molecule has 1 aromatic heterocycles. The molecule has 0 unspecified atom stereocenters. The molecule has 0 saturated carbocycles. The van der Waals surface area contributed by atoms with Gasteiger partial charge in [0.15, 0.2) is 6.61 Å². The number of para-hydroxylation sites is 1. The van der Waals surface area contributed by atoms with Crippen molar-refractivity contribution in [2.24, 2.45) is 0 Å². The first-order valence-corrected chi connectivity index (χ1v) is 5.10. The van der Waals surface area contributed by atoms with Crippen molar-refractivity contribution in [1.82, 2.24) is 4.98 Å². The van der Waals surface area contributed by atoms with Gasteiger partial charge in [0.2, 0.25) is 0 Å².